The van der Waals surface area contributed by atoms with E-state index in [9.17, 15) is 19.7 Å². The third kappa shape index (κ3) is 4.50. The SMILES string of the molecule is Cc1cccc(OCCNC(=O)Cn2cnc3ccc([N+](=O)[O-])cc3c2=O)c1. The van der Waals surface area contributed by atoms with Crippen LogP contribution in [0.4, 0.5) is 5.69 Å². The number of carbonyl (C=O) groups excluding carboxylic acids is 1. The molecule has 2 aromatic carbocycles. The number of nitrogens with one attached hydrogen (secondary N) is 1. The van der Waals surface area contributed by atoms with Crippen molar-refractivity contribution >= 4 is 22.5 Å². The van der Waals surface area contributed by atoms with Crippen LogP contribution in [0.1, 0.15) is 5.56 Å². The van der Waals surface area contributed by atoms with Crippen LogP contribution in [0.2, 0.25) is 0 Å². The zero-order chi connectivity index (χ0) is 20.1. The second-order valence-electron chi connectivity index (χ2n) is 6.15. The van der Waals surface area contributed by atoms with Crippen LogP contribution < -0.4 is 15.6 Å². The molecule has 0 bridgehead atoms. The Morgan fingerprint density at radius 3 is 2.86 bits per heavy atom. The van der Waals surface area contributed by atoms with Crippen LogP contribution in [0.5, 0.6) is 5.75 Å². The Morgan fingerprint density at radius 1 is 1.29 bits per heavy atom. The van der Waals surface area contributed by atoms with Crippen LogP contribution in [-0.4, -0.2) is 33.5 Å². The number of rotatable bonds is 7. The van der Waals surface area contributed by atoms with E-state index in [1.807, 2.05) is 31.2 Å². The van der Waals surface area contributed by atoms with Gasteiger partial charge in [0.1, 0.15) is 18.9 Å². The van der Waals surface area contributed by atoms with Crippen molar-refractivity contribution in [3.8, 4) is 5.75 Å². The summed E-state index contributed by atoms with van der Waals surface area (Å²) in [6, 6.07) is 11.4. The average Bonchev–Trinajstić information content (AvgIpc) is 2.67. The van der Waals surface area contributed by atoms with Crippen molar-refractivity contribution in [2.24, 2.45) is 0 Å². The Kier molecular flexibility index (Phi) is 5.64. The molecule has 144 valence electrons. The maximum atomic E-state index is 12.5. The molecule has 0 saturated carbocycles. The van der Waals surface area contributed by atoms with E-state index in [0.29, 0.717) is 11.3 Å². The van der Waals surface area contributed by atoms with E-state index < -0.39 is 10.5 Å². The maximum Gasteiger partial charge on any atom is 0.270 e. The standard InChI is InChI=1S/C19H18N4O5/c1-13-3-2-4-15(9-13)28-8-7-20-18(24)11-22-12-21-17-6-5-14(23(26)27)10-16(17)19(22)25/h2-6,9-10,12H,7-8,11H2,1H3,(H,20,24). The van der Waals surface area contributed by atoms with E-state index in [1.165, 1.54) is 18.5 Å². The summed E-state index contributed by atoms with van der Waals surface area (Å²) >= 11 is 0. The Morgan fingerprint density at radius 2 is 2.11 bits per heavy atom. The number of aromatic nitrogens is 2. The van der Waals surface area contributed by atoms with Gasteiger partial charge in [-0.05, 0) is 30.7 Å². The molecule has 1 heterocycles. The fraction of sp³-hybridized carbons (Fsp3) is 0.211. The van der Waals surface area contributed by atoms with Crippen molar-refractivity contribution in [3.05, 3.63) is 74.8 Å². The van der Waals surface area contributed by atoms with Crippen molar-refractivity contribution in [2.75, 3.05) is 13.2 Å². The number of non-ortho nitro benzene ring substituents is 1. The molecule has 1 N–H and O–H groups in total. The van der Waals surface area contributed by atoms with E-state index >= 15 is 0 Å². The van der Waals surface area contributed by atoms with Gasteiger partial charge in [0.05, 0.1) is 28.7 Å². The number of benzene rings is 2. The zero-order valence-corrected chi connectivity index (χ0v) is 15.1. The summed E-state index contributed by atoms with van der Waals surface area (Å²) < 4.78 is 6.66. The van der Waals surface area contributed by atoms with Gasteiger partial charge in [-0.2, -0.15) is 0 Å². The van der Waals surface area contributed by atoms with Gasteiger partial charge < -0.3 is 10.1 Å². The molecule has 28 heavy (non-hydrogen) atoms. The van der Waals surface area contributed by atoms with Gasteiger partial charge in [-0.3, -0.25) is 24.3 Å². The molecule has 0 unspecified atom stereocenters. The van der Waals surface area contributed by atoms with Gasteiger partial charge >= 0.3 is 0 Å². The predicted octanol–water partition coefficient (Wildman–Crippen LogP) is 1.81. The summed E-state index contributed by atoms with van der Waals surface area (Å²) in [5.74, 6) is 0.326. The Balaban J connectivity index is 1.60. The summed E-state index contributed by atoms with van der Waals surface area (Å²) in [4.78, 5) is 38.9. The minimum absolute atomic E-state index is 0.0901. The number of amides is 1. The van der Waals surface area contributed by atoms with Crippen LogP contribution >= 0.6 is 0 Å². The highest BCUT2D eigenvalue weighted by molar-refractivity contribution is 5.80. The zero-order valence-electron chi connectivity index (χ0n) is 15.1. The molecule has 0 spiro atoms. The second kappa shape index (κ2) is 8.30. The molecule has 0 atom stereocenters. The number of ether oxygens (including phenoxy) is 1. The van der Waals surface area contributed by atoms with E-state index in [0.717, 1.165) is 16.2 Å². The van der Waals surface area contributed by atoms with Crippen molar-refractivity contribution < 1.29 is 14.5 Å². The first-order valence-electron chi connectivity index (χ1n) is 8.54. The van der Waals surface area contributed by atoms with Gasteiger partial charge in [-0.25, -0.2) is 4.98 Å². The fourth-order valence-corrected chi connectivity index (χ4v) is 2.65. The molecule has 3 rings (SSSR count). The molecule has 3 aromatic rings. The number of nitrogens with zero attached hydrogens (tertiary/aromatic N) is 3. The van der Waals surface area contributed by atoms with Gasteiger partial charge in [0.25, 0.3) is 11.2 Å². The average molecular weight is 382 g/mol. The Bertz CT molecular complexity index is 1090. The lowest BCUT2D eigenvalue weighted by Crippen LogP contribution is -2.34. The molecule has 1 amide bonds. The van der Waals surface area contributed by atoms with Crippen molar-refractivity contribution in [3.63, 3.8) is 0 Å². The van der Waals surface area contributed by atoms with Crippen molar-refractivity contribution in [1.29, 1.82) is 0 Å². The van der Waals surface area contributed by atoms with Crippen LogP contribution in [-0.2, 0) is 11.3 Å². The quantitative estimate of drug-likeness (QED) is 0.378. The Hall–Kier alpha value is -3.75. The topological polar surface area (TPSA) is 116 Å². The first-order valence-corrected chi connectivity index (χ1v) is 8.54. The molecule has 0 aliphatic heterocycles. The summed E-state index contributed by atoms with van der Waals surface area (Å²) in [6.45, 7) is 2.27. The number of fused-ring (bicyclic) bond motifs is 1. The van der Waals surface area contributed by atoms with Gasteiger partial charge in [0, 0.05) is 12.1 Å². The minimum atomic E-state index is -0.586. The number of aryl methyl sites for hydroxylation is 1. The molecule has 9 heteroatoms. The van der Waals surface area contributed by atoms with Crippen LogP contribution in [0.15, 0.2) is 53.6 Å². The number of hydrogen-bond donors (Lipinski definition) is 1. The normalized spacial score (nSPS) is 10.6. The summed E-state index contributed by atoms with van der Waals surface area (Å²) in [5, 5.41) is 13.6. The summed E-state index contributed by atoms with van der Waals surface area (Å²) in [6.07, 6.45) is 1.25. The second-order valence-corrected chi connectivity index (χ2v) is 6.15. The van der Waals surface area contributed by atoms with Gasteiger partial charge in [0.15, 0.2) is 0 Å². The molecular weight excluding hydrogens is 364 g/mol. The molecule has 0 aliphatic rings. The van der Waals surface area contributed by atoms with E-state index in [2.05, 4.69) is 10.3 Å². The molecule has 1 aromatic heterocycles. The molecule has 0 saturated heterocycles. The largest absolute Gasteiger partial charge is 0.492 e. The van der Waals surface area contributed by atoms with Gasteiger partial charge in [-0.1, -0.05) is 12.1 Å². The van der Waals surface area contributed by atoms with Crippen LogP contribution in [0.3, 0.4) is 0 Å². The molecule has 0 fully saturated rings. The minimum Gasteiger partial charge on any atom is -0.492 e. The lowest BCUT2D eigenvalue weighted by atomic mass is 10.2. The Labute approximate surface area is 159 Å². The highest BCUT2D eigenvalue weighted by Crippen LogP contribution is 2.16. The number of nitro groups is 1. The third-order valence-corrected chi connectivity index (χ3v) is 4.01. The van der Waals surface area contributed by atoms with Crippen molar-refractivity contribution in [1.82, 2.24) is 14.9 Å². The number of hydrogen-bond acceptors (Lipinski definition) is 6. The molecule has 0 radical (unpaired) electrons. The number of carbonyl (C=O) groups is 1. The first kappa shape index (κ1) is 19.0. The summed E-state index contributed by atoms with van der Waals surface area (Å²) in [7, 11) is 0. The maximum absolute atomic E-state index is 12.5. The highest BCUT2D eigenvalue weighted by Gasteiger charge is 2.12. The first-order chi connectivity index (χ1) is 13.4. The third-order valence-electron chi connectivity index (χ3n) is 4.01. The smallest absolute Gasteiger partial charge is 0.270 e. The lowest BCUT2D eigenvalue weighted by molar-refractivity contribution is -0.384. The highest BCUT2D eigenvalue weighted by atomic mass is 16.6. The van der Waals surface area contributed by atoms with Gasteiger partial charge in [-0.15, -0.1) is 0 Å². The molecule has 0 aliphatic carbocycles. The fourth-order valence-electron chi connectivity index (χ4n) is 2.65. The lowest BCUT2D eigenvalue weighted by Gasteiger charge is -2.09. The summed E-state index contributed by atoms with van der Waals surface area (Å²) in [5.41, 5.74) is 0.686. The van der Waals surface area contributed by atoms with E-state index in [-0.39, 0.29) is 36.7 Å². The van der Waals surface area contributed by atoms with Gasteiger partial charge in [0.2, 0.25) is 5.91 Å². The van der Waals surface area contributed by atoms with Crippen LogP contribution in [0.25, 0.3) is 10.9 Å². The van der Waals surface area contributed by atoms with E-state index in [4.69, 9.17) is 4.74 Å². The molecular formula is C19H18N4O5. The number of nitro benzene ring substituents is 1. The van der Waals surface area contributed by atoms with Crippen LogP contribution in [0, 0.1) is 17.0 Å². The molecule has 9 nitrogen and oxygen atoms in total. The monoisotopic (exact) mass is 382 g/mol. The van der Waals surface area contributed by atoms with E-state index in [1.54, 1.807) is 0 Å². The predicted molar refractivity (Wildman–Crippen MR) is 102 cm³/mol. The van der Waals surface area contributed by atoms with Crippen molar-refractivity contribution in [2.45, 2.75) is 13.5 Å².